The zero-order valence-corrected chi connectivity index (χ0v) is 27.9. The van der Waals surface area contributed by atoms with Crippen LogP contribution in [0.5, 0.6) is 0 Å². The lowest BCUT2D eigenvalue weighted by molar-refractivity contribution is 0.479. The van der Waals surface area contributed by atoms with Gasteiger partial charge >= 0.3 is 0 Å². The van der Waals surface area contributed by atoms with Gasteiger partial charge in [-0.05, 0) is 54.3 Å². The molecule has 0 atom stereocenters. The predicted molar refractivity (Wildman–Crippen MR) is 186 cm³/mol. The number of anilines is 2. The number of fused-ring (bicyclic) bond motifs is 6. The number of benzene rings is 4. The van der Waals surface area contributed by atoms with Gasteiger partial charge in [0.25, 0.3) is 20.2 Å². The zero-order valence-electron chi connectivity index (χ0n) is 24.7. The van der Waals surface area contributed by atoms with Gasteiger partial charge in [0.05, 0.1) is 32.9 Å². The maximum absolute atomic E-state index is 11.6. The van der Waals surface area contributed by atoms with Crippen molar-refractivity contribution in [3.8, 4) is 0 Å². The van der Waals surface area contributed by atoms with Gasteiger partial charge in [-0.2, -0.15) is 16.8 Å². The minimum Gasteiger partial charge on any atom is -0.335 e. The van der Waals surface area contributed by atoms with Crippen LogP contribution >= 0.6 is 23.5 Å². The van der Waals surface area contributed by atoms with E-state index in [1.165, 1.54) is 0 Å². The maximum atomic E-state index is 11.6. The van der Waals surface area contributed by atoms with Crippen molar-refractivity contribution in [3.63, 3.8) is 0 Å². The second-order valence-electron chi connectivity index (χ2n) is 11.1. The second kappa shape index (κ2) is 13.0. The van der Waals surface area contributed by atoms with E-state index in [-0.39, 0.29) is 30.3 Å². The highest BCUT2D eigenvalue weighted by Gasteiger charge is 2.30. The summed E-state index contributed by atoms with van der Waals surface area (Å²) in [7, 11) is -8.17. The number of hydrogen-bond donors (Lipinski definition) is 2. The van der Waals surface area contributed by atoms with Crippen molar-refractivity contribution in [1.29, 1.82) is 0 Å². The predicted octanol–water partition coefficient (Wildman–Crippen LogP) is 7.78. The van der Waals surface area contributed by atoms with E-state index in [2.05, 4.69) is 77.4 Å². The Bertz CT molecular complexity index is 1900. The average Bonchev–Trinajstić information content (AvgIpc) is 3.53. The first-order valence-electron chi connectivity index (χ1n) is 14.8. The Morgan fingerprint density at radius 3 is 1.49 bits per heavy atom. The Balaban J connectivity index is 1.37. The van der Waals surface area contributed by atoms with E-state index in [1.807, 2.05) is 24.3 Å². The quantitative estimate of drug-likeness (QED) is 0.152. The standard InChI is InChI=1S/C33H34N2O6S4/c1-2-23(21-30-34(17-7-19-44(36,37)38)32-26-11-5-3-9-24(26)13-15-28(32)42-30)22-31-35(18-8-20-45(39,40)41)33-27-12-6-4-10-25(27)14-16-29(33)43-31/h3-6,9-16,21-23H,2,7-8,17-20H2,1H3,(H,36,37,38)(H,39,40,41). The lowest BCUT2D eigenvalue weighted by atomic mass is 10.1. The highest BCUT2D eigenvalue weighted by atomic mass is 32.2. The van der Waals surface area contributed by atoms with E-state index in [0.29, 0.717) is 13.1 Å². The van der Waals surface area contributed by atoms with Crippen molar-refractivity contribution in [3.05, 3.63) is 95.0 Å². The third-order valence-electron chi connectivity index (χ3n) is 7.98. The molecule has 0 radical (unpaired) electrons. The first kappa shape index (κ1) is 32.0. The summed E-state index contributed by atoms with van der Waals surface area (Å²) >= 11 is 3.31. The molecule has 0 unspecified atom stereocenters. The van der Waals surface area contributed by atoms with Crippen LogP contribution in [-0.4, -0.2) is 50.5 Å². The first-order chi connectivity index (χ1) is 21.5. The SMILES string of the molecule is CCC(C=C1Sc2ccc3ccccc3c2N1CCCS(=O)(=O)O)C=C1Sc2ccc3ccccc3c2N1CCCS(=O)(=O)O. The minimum absolute atomic E-state index is 0.0179. The van der Waals surface area contributed by atoms with E-state index in [4.69, 9.17) is 0 Å². The topological polar surface area (TPSA) is 115 Å². The average molecular weight is 683 g/mol. The fourth-order valence-electron chi connectivity index (χ4n) is 5.90. The molecule has 2 N–H and O–H groups in total. The third-order valence-corrected chi connectivity index (χ3v) is 11.8. The van der Waals surface area contributed by atoms with E-state index in [0.717, 1.165) is 59.2 Å². The van der Waals surface area contributed by atoms with Crippen LogP contribution in [0, 0.1) is 5.92 Å². The number of thioether (sulfide) groups is 2. The Labute approximate surface area is 272 Å². The number of rotatable bonds is 11. The smallest absolute Gasteiger partial charge is 0.264 e. The van der Waals surface area contributed by atoms with E-state index >= 15 is 0 Å². The van der Waals surface area contributed by atoms with Crippen molar-refractivity contribution >= 4 is 76.7 Å². The van der Waals surface area contributed by atoms with Crippen LogP contribution in [0.1, 0.15) is 26.2 Å². The summed E-state index contributed by atoms with van der Waals surface area (Å²) in [6, 6.07) is 24.7. The summed E-state index contributed by atoms with van der Waals surface area (Å²) in [6.07, 6.45) is 5.80. The van der Waals surface area contributed by atoms with Crippen molar-refractivity contribution in [2.45, 2.75) is 36.0 Å². The molecular weight excluding hydrogens is 649 g/mol. The van der Waals surface area contributed by atoms with Crippen molar-refractivity contribution < 1.29 is 25.9 Å². The van der Waals surface area contributed by atoms with E-state index in [9.17, 15) is 25.9 Å². The summed E-state index contributed by atoms with van der Waals surface area (Å²) < 4.78 is 65.0. The minimum atomic E-state index is -4.09. The number of allylic oxidation sites excluding steroid dienone is 2. The molecule has 4 aromatic rings. The summed E-state index contributed by atoms with van der Waals surface area (Å²) in [6.45, 7) is 2.98. The van der Waals surface area contributed by atoms with Gasteiger partial charge in [0.1, 0.15) is 0 Å². The molecule has 0 aliphatic carbocycles. The fourth-order valence-corrected chi connectivity index (χ4v) is 9.32. The Hall–Kier alpha value is -3.00. The molecular formula is C33H34N2O6S4. The van der Waals surface area contributed by atoms with Gasteiger partial charge in [-0.25, -0.2) is 0 Å². The van der Waals surface area contributed by atoms with Gasteiger partial charge < -0.3 is 9.80 Å². The molecule has 2 aliphatic heterocycles. The molecule has 0 bridgehead atoms. The molecule has 12 heteroatoms. The lowest BCUT2D eigenvalue weighted by Crippen LogP contribution is -2.23. The molecule has 4 aromatic carbocycles. The zero-order chi connectivity index (χ0) is 31.8. The van der Waals surface area contributed by atoms with Crippen molar-refractivity contribution in [2.75, 3.05) is 34.4 Å². The molecule has 0 aromatic heterocycles. The molecule has 0 saturated carbocycles. The molecule has 2 aliphatic rings. The molecule has 236 valence electrons. The Morgan fingerprint density at radius 1 is 0.667 bits per heavy atom. The number of nitrogens with zero attached hydrogens (tertiary/aromatic N) is 2. The monoisotopic (exact) mass is 682 g/mol. The van der Waals surface area contributed by atoms with Crippen LogP contribution in [0.2, 0.25) is 0 Å². The first-order valence-corrected chi connectivity index (χ1v) is 19.6. The fraction of sp³-hybridized carbons (Fsp3) is 0.273. The van der Waals surface area contributed by atoms with Gasteiger partial charge in [0.2, 0.25) is 0 Å². The summed E-state index contributed by atoms with van der Waals surface area (Å²) in [5.41, 5.74) is 2.09. The summed E-state index contributed by atoms with van der Waals surface area (Å²) in [4.78, 5) is 6.52. The summed E-state index contributed by atoms with van der Waals surface area (Å²) in [5.74, 6) is -0.613. The van der Waals surface area contributed by atoms with Crippen LogP contribution in [-0.2, 0) is 20.2 Å². The molecule has 0 spiro atoms. The molecule has 45 heavy (non-hydrogen) atoms. The number of hydrogen-bond acceptors (Lipinski definition) is 8. The van der Waals surface area contributed by atoms with Crippen LogP contribution < -0.4 is 9.80 Å². The van der Waals surface area contributed by atoms with Gasteiger partial charge in [-0.1, -0.05) is 91.1 Å². The summed E-state index contributed by atoms with van der Waals surface area (Å²) in [5, 5.41) is 6.37. The molecule has 0 amide bonds. The van der Waals surface area contributed by atoms with E-state index < -0.39 is 20.2 Å². The van der Waals surface area contributed by atoms with Crippen molar-refractivity contribution in [2.24, 2.45) is 5.92 Å². The second-order valence-corrected chi connectivity index (χ2v) is 16.4. The van der Waals surface area contributed by atoms with Gasteiger partial charge in [-0.3, -0.25) is 9.11 Å². The van der Waals surface area contributed by atoms with Crippen LogP contribution in [0.25, 0.3) is 21.5 Å². The molecule has 0 fully saturated rings. The van der Waals surface area contributed by atoms with E-state index in [1.54, 1.807) is 23.5 Å². The van der Waals surface area contributed by atoms with Gasteiger partial charge in [0.15, 0.2) is 0 Å². The third kappa shape index (κ3) is 7.21. The van der Waals surface area contributed by atoms with Crippen LogP contribution in [0.3, 0.4) is 0 Å². The van der Waals surface area contributed by atoms with Crippen LogP contribution in [0.4, 0.5) is 11.4 Å². The Morgan fingerprint density at radius 2 is 1.09 bits per heavy atom. The maximum Gasteiger partial charge on any atom is 0.264 e. The van der Waals surface area contributed by atoms with Crippen molar-refractivity contribution in [1.82, 2.24) is 0 Å². The molecule has 0 saturated heterocycles. The van der Waals surface area contributed by atoms with Crippen LogP contribution in [0.15, 0.2) is 105 Å². The highest BCUT2D eigenvalue weighted by Crippen LogP contribution is 2.52. The normalized spacial score (nSPS) is 17.5. The lowest BCUT2D eigenvalue weighted by Gasteiger charge is -2.24. The molecule has 8 nitrogen and oxygen atoms in total. The molecule has 6 rings (SSSR count). The Kier molecular flexibility index (Phi) is 9.24. The van der Waals surface area contributed by atoms with Gasteiger partial charge in [-0.15, -0.1) is 0 Å². The largest absolute Gasteiger partial charge is 0.335 e. The molecule has 2 heterocycles. The van der Waals surface area contributed by atoms with Gasteiger partial charge in [0, 0.05) is 39.6 Å². The highest BCUT2D eigenvalue weighted by molar-refractivity contribution is 8.04.